The molecule has 2 saturated heterocycles. The highest BCUT2D eigenvalue weighted by molar-refractivity contribution is 5.76. The SMILES string of the molecule is CCN1CCN(C2CCN(C(=O)CCc3ccco3)C2)CC1. The van der Waals surface area contributed by atoms with E-state index >= 15 is 0 Å². The lowest BCUT2D eigenvalue weighted by Gasteiger charge is -2.37. The molecule has 1 atom stereocenters. The molecule has 1 aromatic rings. The van der Waals surface area contributed by atoms with Crippen LogP contribution >= 0.6 is 0 Å². The van der Waals surface area contributed by atoms with E-state index in [1.807, 2.05) is 17.0 Å². The van der Waals surface area contributed by atoms with Crippen molar-refractivity contribution >= 4 is 5.91 Å². The van der Waals surface area contributed by atoms with Crippen molar-refractivity contribution in [3.8, 4) is 0 Å². The number of carbonyl (C=O) groups is 1. The van der Waals surface area contributed by atoms with Crippen LogP contribution in [0.15, 0.2) is 22.8 Å². The lowest BCUT2D eigenvalue weighted by Crippen LogP contribution is -2.51. The monoisotopic (exact) mass is 305 g/mol. The molecule has 22 heavy (non-hydrogen) atoms. The molecule has 2 aliphatic rings. The molecule has 0 saturated carbocycles. The van der Waals surface area contributed by atoms with E-state index < -0.39 is 0 Å². The van der Waals surface area contributed by atoms with E-state index in [9.17, 15) is 4.79 Å². The molecule has 5 nitrogen and oxygen atoms in total. The van der Waals surface area contributed by atoms with Gasteiger partial charge in [0.1, 0.15) is 5.76 Å². The van der Waals surface area contributed by atoms with Gasteiger partial charge in [-0.15, -0.1) is 0 Å². The van der Waals surface area contributed by atoms with Crippen LogP contribution < -0.4 is 0 Å². The van der Waals surface area contributed by atoms with Crippen LogP contribution in [0.25, 0.3) is 0 Å². The Morgan fingerprint density at radius 1 is 1.27 bits per heavy atom. The Bertz CT molecular complexity index is 466. The van der Waals surface area contributed by atoms with E-state index in [1.54, 1.807) is 6.26 Å². The summed E-state index contributed by atoms with van der Waals surface area (Å²) in [5, 5.41) is 0. The molecule has 2 fully saturated rings. The first kappa shape index (κ1) is 15.6. The first-order valence-corrected chi connectivity index (χ1v) is 8.53. The average Bonchev–Trinajstić information content (AvgIpc) is 3.24. The van der Waals surface area contributed by atoms with Crippen LogP contribution in [0.3, 0.4) is 0 Å². The minimum Gasteiger partial charge on any atom is -0.469 e. The van der Waals surface area contributed by atoms with Crippen molar-refractivity contribution in [2.45, 2.75) is 32.2 Å². The normalized spacial score (nSPS) is 24.0. The zero-order valence-corrected chi connectivity index (χ0v) is 13.5. The van der Waals surface area contributed by atoms with Crippen molar-refractivity contribution in [1.82, 2.24) is 14.7 Å². The summed E-state index contributed by atoms with van der Waals surface area (Å²) in [5.74, 6) is 1.17. The molecule has 122 valence electrons. The molecule has 0 spiro atoms. The van der Waals surface area contributed by atoms with E-state index in [4.69, 9.17) is 4.42 Å². The van der Waals surface area contributed by atoms with E-state index in [1.165, 1.54) is 13.1 Å². The molecule has 1 amide bonds. The van der Waals surface area contributed by atoms with Gasteiger partial charge in [0, 0.05) is 58.2 Å². The van der Waals surface area contributed by atoms with Crippen molar-refractivity contribution in [1.29, 1.82) is 0 Å². The molecule has 2 aliphatic heterocycles. The first-order valence-electron chi connectivity index (χ1n) is 8.53. The van der Waals surface area contributed by atoms with Crippen molar-refractivity contribution in [2.24, 2.45) is 0 Å². The van der Waals surface area contributed by atoms with Gasteiger partial charge in [0.25, 0.3) is 0 Å². The summed E-state index contributed by atoms with van der Waals surface area (Å²) in [7, 11) is 0. The molecule has 0 aliphatic carbocycles. The number of piperazine rings is 1. The topological polar surface area (TPSA) is 39.9 Å². The highest BCUT2D eigenvalue weighted by Gasteiger charge is 2.31. The third kappa shape index (κ3) is 3.70. The lowest BCUT2D eigenvalue weighted by atomic mass is 10.2. The summed E-state index contributed by atoms with van der Waals surface area (Å²) >= 11 is 0. The second-order valence-electron chi connectivity index (χ2n) is 6.33. The Balaban J connectivity index is 1.42. The smallest absolute Gasteiger partial charge is 0.223 e. The number of carbonyl (C=O) groups excluding carboxylic acids is 1. The highest BCUT2D eigenvalue weighted by Crippen LogP contribution is 2.19. The molecule has 1 unspecified atom stereocenters. The van der Waals surface area contributed by atoms with Crippen molar-refractivity contribution < 1.29 is 9.21 Å². The van der Waals surface area contributed by atoms with Gasteiger partial charge in [-0.05, 0) is 25.1 Å². The minimum atomic E-state index is 0.270. The molecule has 0 radical (unpaired) electrons. The average molecular weight is 305 g/mol. The summed E-state index contributed by atoms with van der Waals surface area (Å²) in [5.41, 5.74) is 0. The van der Waals surface area contributed by atoms with Gasteiger partial charge in [0.05, 0.1) is 6.26 Å². The van der Waals surface area contributed by atoms with Gasteiger partial charge in [0.2, 0.25) is 5.91 Å². The van der Waals surface area contributed by atoms with Gasteiger partial charge < -0.3 is 14.2 Å². The molecule has 1 aromatic heterocycles. The van der Waals surface area contributed by atoms with Gasteiger partial charge in [-0.3, -0.25) is 9.69 Å². The second-order valence-corrected chi connectivity index (χ2v) is 6.33. The van der Waals surface area contributed by atoms with Gasteiger partial charge in [0.15, 0.2) is 0 Å². The van der Waals surface area contributed by atoms with E-state index in [0.29, 0.717) is 18.9 Å². The molecule has 5 heteroatoms. The second kappa shape index (κ2) is 7.29. The number of aryl methyl sites for hydroxylation is 1. The van der Waals surface area contributed by atoms with Crippen molar-refractivity contribution in [2.75, 3.05) is 45.8 Å². The number of rotatable bonds is 5. The fraction of sp³-hybridized carbons (Fsp3) is 0.706. The fourth-order valence-electron chi connectivity index (χ4n) is 3.55. The molecule has 3 heterocycles. The standard InChI is InChI=1S/C17H27N3O2/c1-2-18-9-11-19(12-10-18)15-7-8-20(14-15)17(21)6-5-16-4-3-13-22-16/h3-4,13,15H,2,5-12,14H2,1H3. The Kier molecular flexibility index (Phi) is 5.16. The van der Waals surface area contributed by atoms with E-state index in [-0.39, 0.29) is 5.91 Å². The summed E-state index contributed by atoms with van der Waals surface area (Å²) < 4.78 is 5.30. The largest absolute Gasteiger partial charge is 0.469 e. The van der Waals surface area contributed by atoms with Crippen molar-refractivity contribution in [3.63, 3.8) is 0 Å². The van der Waals surface area contributed by atoms with Crippen molar-refractivity contribution in [3.05, 3.63) is 24.2 Å². The summed E-state index contributed by atoms with van der Waals surface area (Å²) in [4.78, 5) is 19.4. The third-order valence-electron chi connectivity index (χ3n) is 5.05. The zero-order chi connectivity index (χ0) is 15.4. The fourth-order valence-corrected chi connectivity index (χ4v) is 3.55. The summed E-state index contributed by atoms with van der Waals surface area (Å²) in [6.07, 6.45) is 4.06. The van der Waals surface area contributed by atoms with Gasteiger partial charge in [-0.1, -0.05) is 6.92 Å². The number of likely N-dealkylation sites (tertiary alicyclic amines) is 1. The molecule has 3 rings (SSSR count). The Morgan fingerprint density at radius 2 is 2.09 bits per heavy atom. The lowest BCUT2D eigenvalue weighted by molar-refractivity contribution is -0.130. The summed E-state index contributed by atoms with van der Waals surface area (Å²) in [6.45, 7) is 9.82. The number of furan rings is 1. The van der Waals surface area contributed by atoms with E-state index in [2.05, 4.69) is 16.7 Å². The Labute approximate surface area is 132 Å². The van der Waals surface area contributed by atoms with Crippen LogP contribution in [0.4, 0.5) is 0 Å². The predicted molar refractivity (Wildman–Crippen MR) is 85.7 cm³/mol. The van der Waals surface area contributed by atoms with Crippen LogP contribution in [-0.2, 0) is 11.2 Å². The van der Waals surface area contributed by atoms with Gasteiger partial charge in [-0.2, -0.15) is 0 Å². The number of amides is 1. The van der Waals surface area contributed by atoms with Crippen LogP contribution in [0.5, 0.6) is 0 Å². The van der Waals surface area contributed by atoms with Crippen LogP contribution in [-0.4, -0.2) is 72.5 Å². The van der Waals surface area contributed by atoms with Crippen LogP contribution in [0.1, 0.15) is 25.5 Å². The minimum absolute atomic E-state index is 0.270. The molecular weight excluding hydrogens is 278 g/mol. The van der Waals surface area contributed by atoms with Crippen LogP contribution in [0, 0.1) is 0 Å². The highest BCUT2D eigenvalue weighted by atomic mass is 16.3. The zero-order valence-electron chi connectivity index (χ0n) is 13.5. The maximum Gasteiger partial charge on any atom is 0.223 e. The Morgan fingerprint density at radius 3 is 2.77 bits per heavy atom. The molecule has 0 bridgehead atoms. The summed E-state index contributed by atoms with van der Waals surface area (Å²) in [6, 6.07) is 4.38. The third-order valence-corrected chi connectivity index (χ3v) is 5.05. The number of likely N-dealkylation sites (N-methyl/N-ethyl adjacent to an activating group) is 1. The predicted octanol–water partition coefficient (Wildman–Crippen LogP) is 1.45. The van der Waals surface area contributed by atoms with E-state index in [0.717, 1.165) is 44.9 Å². The van der Waals surface area contributed by atoms with Gasteiger partial charge >= 0.3 is 0 Å². The quantitative estimate of drug-likeness (QED) is 0.825. The molecule has 0 N–H and O–H groups in total. The first-order chi connectivity index (χ1) is 10.8. The Hall–Kier alpha value is -1.33. The maximum absolute atomic E-state index is 12.3. The number of hydrogen-bond donors (Lipinski definition) is 0. The van der Waals surface area contributed by atoms with Crippen LogP contribution in [0.2, 0.25) is 0 Å². The number of nitrogens with zero attached hydrogens (tertiary/aromatic N) is 3. The van der Waals surface area contributed by atoms with Gasteiger partial charge in [-0.25, -0.2) is 0 Å². The molecular formula is C17H27N3O2. The maximum atomic E-state index is 12.3. The molecule has 0 aromatic carbocycles. The number of hydrogen-bond acceptors (Lipinski definition) is 4.